The summed E-state index contributed by atoms with van der Waals surface area (Å²) < 4.78 is 24.9. The zero-order valence-electron chi connectivity index (χ0n) is 10.3. The van der Waals surface area contributed by atoms with Crippen LogP contribution in [0.1, 0.15) is 30.5 Å². The number of rotatable bonds is 5. The summed E-state index contributed by atoms with van der Waals surface area (Å²) in [4.78, 5) is 4.52. The van der Waals surface area contributed by atoms with Gasteiger partial charge in [-0.15, -0.1) is 11.3 Å². The van der Waals surface area contributed by atoms with Gasteiger partial charge in [0.15, 0.2) is 0 Å². The van der Waals surface area contributed by atoms with E-state index in [-0.39, 0.29) is 5.56 Å². The van der Waals surface area contributed by atoms with Crippen molar-refractivity contribution in [2.45, 2.75) is 31.9 Å². The summed E-state index contributed by atoms with van der Waals surface area (Å²) in [5, 5.41) is 6.31. The third-order valence-corrected chi connectivity index (χ3v) is 4.05. The predicted octanol–water partition coefficient (Wildman–Crippen LogP) is 4.00. The summed E-state index contributed by atoms with van der Waals surface area (Å²) in [6.45, 7) is 0.788. The fraction of sp³-hybridized carbons (Fsp3) is 0.357. The highest BCUT2D eigenvalue weighted by Crippen LogP contribution is 2.27. The van der Waals surface area contributed by atoms with Crippen molar-refractivity contribution < 1.29 is 8.78 Å². The maximum absolute atomic E-state index is 12.5. The van der Waals surface area contributed by atoms with Crippen molar-refractivity contribution in [1.82, 2.24) is 10.3 Å². The Hall–Kier alpha value is -1.33. The van der Waals surface area contributed by atoms with Crippen LogP contribution in [-0.4, -0.2) is 11.0 Å². The number of halogens is 2. The standard InChI is InChI=1S/C14H14F2N2S/c15-13(16)9-1-3-10(4-2-9)14-18-12(8-19-14)7-17-11-5-6-11/h1-4,8,11,13,17H,5-7H2. The van der Waals surface area contributed by atoms with E-state index in [0.717, 1.165) is 22.8 Å². The molecule has 0 bridgehead atoms. The van der Waals surface area contributed by atoms with Gasteiger partial charge in [0.05, 0.1) is 5.69 Å². The molecule has 0 radical (unpaired) electrons. The van der Waals surface area contributed by atoms with Gasteiger partial charge in [-0.05, 0) is 12.8 Å². The van der Waals surface area contributed by atoms with E-state index in [1.807, 2.05) is 5.38 Å². The smallest absolute Gasteiger partial charge is 0.263 e. The lowest BCUT2D eigenvalue weighted by molar-refractivity contribution is 0.151. The molecular weight excluding hydrogens is 266 g/mol. The molecule has 0 spiro atoms. The summed E-state index contributed by atoms with van der Waals surface area (Å²) in [6.07, 6.45) is 0.0988. The first-order valence-corrected chi connectivity index (χ1v) is 7.16. The second kappa shape index (κ2) is 5.35. The average Bonchev–Trinajstić information content (AvgIpc) is 3.13. The van der Waals surface area contributed by atoms with Gasteiger partial charge < -0.3 is 5.32 Å². The summed E-state index contributed by atoms with van der Waals surface area (Å²) in [5.74, 6) is 0. The van der Waals surface area contributed by atoms with Crippen LogP contribution in [0, 0.1) is 0 Å². The summed E-state index contributed by atoms with van der Waals surface area (Å²) in [6, 6.07) is 7.00. The molecule has 2 aromatic rings. The van der Waals surface area contributed by atoms with Crippen LogP contribution in [0.4, 0.5) is 8.78 Å². The van der Waals surface area contributed by atoms with Crippen molar-refractivity contribution in [2.75, 3.05) is 0 Å². The molecule has 0 atom stereocenters. The van der Waals surface area contributed by atoms with Crippen molar-refractivity contribution in [1.29, 1.82) is 0 Å². The van der Waals surface area contributed by atoms with Gasteiger partial charge in [-0.25, -0.2) is 13.8 Å². The molecule has 5 heteroatoms. The van der Waals surface area contributed by atoms with Gasteiger partial charge in [0.25, 0.3) is 6.43 Å². The van der Waals surface area contributed by atoms with E-state index in [1.165, 1.54) is 25.0 Å². The molecule has 0 amide bonds. The lowest BCUT2D eigenvalue weighted by Crippen LogP contribution is -2.15. The minimum absolute atomic E-state index is 0.0518. The van der Waals surface area contributed by atoms with Gasteiger partial charge in [-0.3, -0.25) is 0 Å². The van der Waals surface area contributed by atoms with Crippen LogP contribution in [0.2, 0.25) is 0 Å². The molecule has 1 aliphatic carbocycles. The van der Waals surface area contributed by atoms with Crippen LogP contribution in [0.25, 0.3) is 10.6 Å². The molecule has 1 heterocycles. The predicted molar refractivity (Wildman–Crippen MR) is 72.4 cm³/mol. The Kier molecular flexibility index (Phi) is 3.57. The lowest BCUT2D eigenvalue weighted by Gasteiger charge is -2.01. The van der Waals surface area contributed by atoms with E-state index in [1.54, 1.807) is 23.5 Å². The Morgan fingerprint density at radius 2 is 2.00 bits per heavy atom. The van der Waals surface area contributed by atoms with E-state index in [0.29, 0.717) is 6.04 Å². The lowest BCUT2D eigenvalue weighted by atomic mass is 10.1. The largest absolute Gasteiger partial charge is 0.308 e. The Morgan fingerprint density at radius 3 is 2.63 bits per heavy atom. The summed E-state index contributed by atoms with van der Waals surface area (Å²) >= 11 is 1.55. The van der Waals surface area contributed by atoms with E-state index in [9.17, 15) is 8.78 Å². The normalized spacial score (nSPS) is 15.1. The number of hydrogen-bond acceptors (Lipinski definition) is 3. The minimum atomic E-state index is -2.41. The number of hydrogen-bond donors (Lipinski definition) is 1. The fourth-order valence-corrected chi connectivity index (χ4v) is 2.65. The number of nitrogens with zero attached hydrogens (tertiary/aromatic N) is 1. The van der Waals surface area contributed by atoms with Crippen molar-refractivity contribution in [3.05, 3.63) is 40.9 Å². The molecule has 19 heavy (non-hydrogen) atoms. The third-order valence-electron chi connectivity index (χ3n) is 3.11. The highest BCUT2D eigenvalue weighted by molar-refractivity contribution is 7.13. The number of alkyl halides is 2. The van der Waals surface area contributed by atoms with Gasteiger partial charge in [-0.2, -0.15) is 0 Å². The van der Waals surface area contributed by atoms with E-state index >= 15 is 0 Å². The number of benzene rings is 1. The molecule has 1 N–H and O–H groups in total. The molecule has 1 saturated carbocycles. The first kappa shape index (κ1) is 12.7. The Labute approximate surface area is 114 Å². The quantitative estimate of drug-likeness (QED) is 0.895. The van der Waals surface area contributed by atoms with Crippen molar-refractivity contribution in [2.24, 2.45) is 0 Å². The summed E-state index contributed by atoms with van der Waals surface area (Å²) in [7, 11) is 0. The zero-order valence-corrected chi connectivity index (χ0v) is 11.1. The first-order valence-electron chi connectivity index (χ1n) is 6.28. The minimum Gasteiger partial charge on any atom is -0.308 e. The van der Waals surface area contributed by atoms with E-state index in [4.69, 9.17) is 0 Å². The van der Waals surface area contributed by atoms with Crippen LogP contribution in [0.15, 0.2) is 29.6 Å². The van der Waals surface area contributed by atoms with Gasteiger partial charge in [0.2, 0.25) is 0 Å². The molecule has 0 saturated heterocycles. The topological polar surface area (TPSA) is 24.9 Å². The van der Waals surface area contributed by atoms with Gasteiger partial charge in [-0.1, -0.05) is 24.3 Å². The first-order chi connectivity index (χ1) is 9.22. The Balaban J connectivity index is 1.70. The molecule has 1 aromatic carbocycles. The highest BCUT2D eigenvalue weighted by Gasteiger charge is 2.20. The molecule has 100 valence electrons. The van der Waals surface area contributed by atoms with Crippen molar-refractivity contribution in [3.8, 4) is 10.6 Å². The highest BCUT2D eigenvalue weighted by atomic mass is 32.1. The fourth-order valence-electron chi connectivity index (χ4n) is 1.83. The van der Waals surface area contributed by atoms with Crippen LogP contribution in [-0.2, 0) is 6.54 Å². The molecule has 2 nitrogen and oxygen atoms in total. The van der Waals surface area contributed by atoms with Crippen LogP contribution >= 0.6 is 11.3 Å². The maximum atomic E-state index is 12.5. The molecule has 3 rings (SSSR count). The van der Waals surface area contributed by atoms with Crippen LogP contribution < -0.4 is 5.32 Å². The molecule has 1 fully saturated rings. The van der Waals surface area contributed by atoms with Crippen LogP contribution in [0.3, 0.4) is 0 Å². The van der Waals surface area contributed by atoms with Crippen molar-refractivity contribution >= 4 is 11.3 Å². The number of nitrogens with one attached hydrogen (secondary N) is 1. The van der Waals surface area contributed by atoms with Gasteiger partial charge in [0.1, 0.15) is 5.01 Å². The second-order valence-corrected chi connectivity index (χ2v) is 5.58. The maximum Gasteiger partial charge on any atom is 0.263 e. The van der Waals surface area contributed by atoms with E-state index in [2.05, 4.69) is 10.3 Å². The van der Waals surface area contributed by atoms with Gasteiger partial charge in [0, 0.05) is 29.1 Å². The molecular formula is C14H14F2N2S. The van der Waals surface area contributed by atoms with Crippen molar-refractivity contribution in [3.63, 3.8) is 0 Å². The Bertz CT molecular complexity index is 547. The molecule has 0 aliphatic heterocycles. The molecule has 1 aliphatic rings. The van der Waals surface area contributed by atoms with E-state index < -0.39 is 6.43 Å². The monoisotopic (exact) mass is 280 g/mol. The number of aromatic nitrogens is 1. The summed E-state index contributed by atoms with van der Waals surface area (Å²) in [5.41, 5.74) is 1.97. The number of thiazole rings is 1. The third kappa shape index (κ3) is 3.16. The second-order valence-electron chi connectivity index (χ2n) is 4.72. The zero-order chi connectivity index (χ0) is 13.2. The van der Waals surface area contributed by atoms with Gasteiger partial charge >= 0.3 is 0 Å². The molecule has 0 unspecified atom stereocenters. The average molecular weight is 280 g/mol. The van der Waals surface area contributed by atoms with Crippen LogP contribution in [0.5, 0.6) is 0 Å². The molecule has 1 aromatic heterocycles. The Morgan fingerprint density at radius 1 is 1.26 bits per heavy atom. The SMILES string of the molecule is FC(F)c1ccc(-c2nc(CNC3CC3)cs2)cc1.